The summed E-state index contributed by atoms with van der Waals surface area (Å²) >= 11 is 0. The molecule has 0 aromatic rings. The van der Waals surface area contributed by atoms with E-state index in [1.54, 1.807) is 6.08 Å². The van der Waals surface area contributed by atoms with Crippen LogP contribution < -0.4 is 0 Å². The molecule has 1 aliphatic carbocycles. The third-order valence-corrected chi connectivity index (χ3v) is 3.73. The van der Waals surface area contributed by atoms with Crippen molar-refractivity contribution < 1.29 is 9.47 Å². The van der Waals surface area contributed by atoms with Gasteiger partial charge < -0.3 is 9.47 Å². The average Bonchev–Trinajstić information content (AvgIpc) is 2.31. The lowest BCUT2D eigenvalue weighted by molar-refractivity contribution is -0.200. The minimum Gasteiger partial charge on any atom is -0.353 e. The molecule has 100 valence electrons. The fourth-order valence-corrected chi connectivity index (χ4v) is 2.80. The maximum Gasteiger partial charge on any atom is 0.154 e. The van der Waals surface area contributed by atoms with Crippen molar-refractivity contribution in [1.82, 2.24) is 0 Å². The highest BCUT2D eigenvalue weighted by molar-refractivity contribution is 4.78. The van der Waals surface area contributed by atoms with Crippen LogP contribution in [0.2, 0.25) is 0 Å². The van der Waals surface area contributed by atoms with Crippen molar-refractivity contribution in [1.29, 1.82) is 0 Å². The number of allylic oxidation sites excluding steroid dienone is 1. The van der Waals surface area contributed by atoms with E-state index in [1.165, 1.54) is 25.7 Å². The van der Waals surface area contributed by atoms with Crippen molar-refractivity contribution in [2.45, 2.75) is 52.7 Å². The summed E-state index contributed by atoms with van der Waals surface area (Å²) in [5.41, 5.74) is 0. The van der Waals surface area contributed by atoms with Gasteiger partial charge in [-0.3, -0.25) is 0 Å². The van der Waals surface area contributed by atoms with Gasteiger partial charge in [0, 0.05) is 5.92 Å². The molecule has 0 spiro atoms. The summed E-state index contributed by atoms with van der Waals surface area (Å²) < 4.78 is 11.1. The van der Waals surface area contributed by atoms with Crippen LogP contribution in [0.25, 0.3) is 0 Å². The predicted octanol–water partition coefficient (Wildman–Crippen LogP) is 4.01. The first-order valence-electron chi connectivity index (χ1n) is 6.97. The molecule has 17 heavy (non-hydrogen) atoms. The topological polar surface area (TPSA) is 18.5 Å². The van der Waals surface area contributed by atoms with Crippen LogP contribution in [0.4, 0.5) is 0 Å². The van der Waals surface area contributed by atoms with E-state index in [4.69, 9.17) is 9.47 Å². The molecule has 2 fully saturated rings. The lowest BCUT2D eigenvalue weighted by Crippen LogP contribution is -2.36. The second kappa shape index (κ2) is 7.88. The molecule has 0 bridgehead atoms. The van der Waals surface area contributed by atoms with E-state index < -0.39 is 0 Å². The van der Waals surface area contributed by atoms with Crippen molar-refractivity contribution in [2.24, 2.45) is 17.8 Å². The molecule has 1 saturated carbocycles. The Bertz CT molecular complexity index is 207. The van der Waals surface area contributed by atoms with Crippen LogP contribution in [0.1, 0.15) is 46.5 Å². The SMILES string of the molecule is C=CC.CC1OCC(C2CCC[C@@H](C)C2)CO1. The molecule has 2 atom stereocenters. The molecule has 1 aliphatic heterocycles. The van der Waals surface area contributed by atoms with Gasteiger partial charge in [-0.15, -0.1) is 6.58 Å². The Morgan fingerprint density at radius 1 is 1.06 bits per heavy atom. The molecular weight excluding hydrogens is 212 g/mol. The summed E-state index contributed by atoms with van der Waals surface area (Å²) in [5, 5.41) is 0. The highest BCUT2D eigenvalue weighted by Gasteiger charge is 2.30. The van der Waals surface area contributed by atoms with Crippen LogP contribution in [0.3, 0.4) is 0 Å². The Hall–Kier alpha value is -0.340. The molecule has 2 heteroatoms. The third kappa shape index (κ3) is 5.22. The average molecular weight is 240 g/mol. The van der Waals surface area contributed by atoms with Crippen LogP contribution in [0.15, 0.2) is 12.7 Å². The number of ether oxygens (including phenoxy) is 2. The molecule has 0 amide bonds. The minimum atomic E-state index is 0.0206. The number of rotatable bonds is 1. The summed E-state index contributed by atoms with van der Waals surface area (Å²) in [6, 6.07) is 0. The van der Waals surface area contributed by atoms with Crippen molar-refractivity contribution in [3.63, 3.8) is 0 Å². The van der Waals surface area contributed by atoms with E-state index in [2.05, 4.69) is 13.5 Å². The third-order valence-electron chi connectivity index (χ3n) is 3.73. The van der Waals surface area contributed by atoms with Gasteiger partial charge in [0.2, 0.25) is 0 Å². The number of hydrogen-bond acceptors (Lipinski definition) is 2. The fraction of sp³-hybridized carbons (Fsp3) is 0.867. The smallest absolute Gasteiger partial charge is 0.154 e. The largest absolute Gasteiger partial charge is 0.353 e. The molecule has 0 N–H and O–H groups in total. The van der Waals surface area contributed by atoms with Crippen molar-refractivity contribution in [2.75, 3.05) is 13.2 Å². The molecule has 0 aromatic heterocycles. The first kappa shape index (κ1) is 14.7. The lowest BCUT2D eigenvalue weighted by Gasteiger charge is -2.36. The minimum absolute atomic E-state index is 0.0206. The Morgan fingerprint density at radius 2 is 1.65 bits per heavy atom. The quantitative estimate of drug-likeness (QED) is 0.645. The van der Waals surface area contributed by atoms with E-state index in [1.807, 2.05) is 13.8 Å². The second-order valence-corrected chi connectivity index (χ2v) is 5.43. The standard InChI is InChI=1S/C12H22O2.C3H6/c1-9-4-3-5-11(6-9)12-7-13-10(2)14-8-12;1-3-2/h9-12H,3-8H2,1-2H3;3H,1H2,2H3/t9-,10?,11?,12?;/m1./s1. The molecule has 2 nitrogen and oxygen atoms in total. The Labute approximate surface area is 106 Å². The van der Waals surface area contributed by atoms with Crippen molar-refractivity contribution in [3.8, 4) is 0 Å². The van der Waals surface area contributed by atoms with Crippen LogP contribution in [0.5, 0.6) is 0 Å². The molecule has 1 heterocycles. The van der Waals surface area contributed by atoms with Crippen LogP contribution >= 0.6 is 0 Å². The second-order valence-electron chi connectivity index (χ2n) is 5.43. The van der Waals surface area contributed by atoms with Crippen LogP contribution in [0, 0.1) is 17.8 Å². The summed E-state index contributed by atoms with van der Waals surface area (Å²) in [7, 11) is 0. The summed E-state index contributed by atoms with van der Waals surface area (Å²) in [5.74, 6) is 2.42. The number of hydrogen-bond donors (Lipinski definition) is 0. The monoisotopic (exact) mass is 240 g/mol. The van der Waals surface area contributed by atoms with Gasteiger partial charge in [0.15, 0.2) is 6.29 Å². The van der Waals surface area contributed by atoms with E-state index in [0.717, 1.165) is 25.0 Å². The van der Waals surface area contributed by atoms with Gasteiger partial charge >= 0.3 is 0 Å². The molecule has 1 saturated heterocycles. The summed E-state index contributed by atoms with van der Waals surface area (Å²) in [6.45, 7) is 11.4. The zero-order valence-electron chi connectivity index (χ0n) is 11.7. The Morgan fingerprint density at radius 3 is 2.18 bits per heavy atom. The molecule has 0 aromatic carbocycles. The first-order chi connectivity index (χ1) is 8.17. The molecule has 0 radical (unpaired) electrons. The fourth-order valence-electron chi connectivity index (χ4n) is 2.80. The van der Waals surface area contributed by atoms with Gasteiger partial charge in [0.25, 0.3) is 0 Å². The van der Waals surface area contributed by atoms with Gasteiger partial charge in [-0.1, -0.05) is 25.8 Å². The normalized spacial score (nSPS) is 37.8. The van der Waals surface area contributed by atoms with E-state index >= 15 is 0 Å². The molecule has 2 aliphatic rings. The molecule has 2 rings (SSSR count). The summed E-state index contributed by atoms with van der Waals surface area (Å²) in [6.07, 6.45) is 7.36. The van der Waals surface area contributed by atoms with Crippen LogP contribution in [-0.2, 0) is 9.47 Å². The van der Waals surface area contributed by atoms with Gasteiger partial charge in [-0.25, -0.2) is 0 Å². The highest BCUT2D eigenvalue weighted by Crippen LogP contribution is 2.35. The predicted molar refractivity (Wildman–Crippen MR) is 71.8 cm³/mol. The van der Waals surface area contributed by atoms with Gasteiger partial charge in [-0.2, -0.15) is 0 Å². The zero-order chi connectivity index (χ0) is 12.7. The van der Waals surface area contributed by atoms with E-state index in [9.17, 15) is 0 Å². The first-order valence-corrected chi connectivity index (χ1v) is 6.97. The van der Waals surface area contributed by atoms with Gasteiger partial charge in [-0.05, 0) is 38.5 Å². The van der Waals surface area contributed by atoms with E-state index in [-0.39, 0.29) is 6.29 Å². The van der Waals surface area contributed by atoms with Crippen molar-refractivity contribution >= 4 is 0 Å². The molecular formula is C15H28O2. The zero-order valence-corrected chi connectivity index (χ0v) is 11.7. The van der Waals surface area contributed by atoms with Crippen molar-refractivity contribution in [3.05, 3.63) is 12.7 Å². The van der Waals surface area contributed by atoms with E-state index in [0.29, 0.717) is 5.92 Å². The molecule has 1 unspecified atom stereocenters. The summed E-state index contributed by atoms with van der Waals surface area (Å²) in [4.78, 5) is 0. The highest BCUT2D eigenvalue weighted by atomic mass is 16.7. The van der Waals surface area contributed by atoms with Crippen LogP contribution in [-0.4, -0.2) is 19.5 Å². The maximum absolute atomic E-state index is 5.56. The Balaban J connectivity index is 0.000000437. The van der Waals surface area contributed by atoms with Gasteiger partial charge in [0.05, 0.1) is 13.2 Å². The lowest BCUT2D eigenvalue weighted by atomic mass is 9.76. The Kier molecular flexibility index (Phi) is 6.83. The van der Waals surface area contributed by atoms with Gasteiger partial charge in [0.1, 0.15) is 0 Å². The maximum atomic E-state index is 5.56.